The molecule has 4 nitrogen and oxygen atoms in total. The van der Waals surface area contributed by atoms with Gasteiger partial charge in [0.2, 0.25) is 0 Å². The van der Waals surface area contributed by atoms with Gasteiger partial charge in [0.15, 0.2) is 0 Å². The van der Waals surface area contributed by atoms with Crippen molar-refractivity contribution in [3.8, 4) is 5.75 Å². The van der Waals surface area contributed by atoms with E-state index in [9.17, 15) is 0 Å². The average molecular weight is 324 g/mol. The summed E-state index contributed by atoms with van der Waals surface area (Å²) < 4.78 is 12.3. The Labute approximate surface area is 143 Å². The number of fused-ring (bicyclic) bond motifs is 1. The molecule has 1 fully saturated rings. The minimum atomic E-state index is 0.0539. The molecular formula is C20H24N2O2. The van der Waals surface area contributed by atoms with Crippen LogP contribution in [0.15, 0.2) is 54.6 Å². The van der Waals surface area contributed by atoms with Gasteiger partial charge in [-0.3, -0.25) is 4.90 Å². The summed E-state index contributed by atoms with van der Waals surface area (Å²) in [4.78, 5) is 2.54. The van der Waals surface area contributed by atoms with E-state index < -0.39 is 0 Å². The molecule has 2 aromatic rings. The topological polar surface area (TPSA) is 33.7 Å². The molecule has 0 saturated carbocycles. The smallest absolute Gasteiger partial charge is 0.124 e. The third-order valence-electron chi connectivity index (χ3n) is 4.84. The molecule has 4 rings (SSSR count). The molecule has 2 heterocycles. The maximum absolute atomic E-state index is 6.30. The quantitative estimate of drug-likeness (QED) is 0.937. The number of benzene rings is 2. The Morgan fingerprint density at radius 3 is 2.58 bits per heavy atom. The Morgan fingerprint density at radius 2 is 1.75 bits per heavy atom. The predicted molar refractivity (Wildman–Crippen MR) is 94.1 cm³/mol. The molecule has 126 valence electrons. The number of piperazine rings is 1. The standard InChI is InChI=1S/C20H24N2O2/c1-2-6-16(7-3-1)14-23-19-15-24-18-9-5-4-8-17(18)20(19)22-12-10-21-11-13-22/h1-9,19-21H,10-15H2/t19-,20-/m1/s1. The van der Waals surface area contributed by atoms with Crippen molar-refractivity contribution in [3.63, 3.8) is 0 Å². The van der Waals surface area contributed by atoms with Crippen LogP contribution in [0.5, 0.6) is 5.75 Å². The van der Waals surface area contributed by atoms with Gasteiger partial charge in [-0.1, -0.05) is 48.5 Å². The number of nitrogens with one attached hydrogen (secondary N) is 1. The minimum Gasteiger partial charge on any atom is -0.490 e. The van der Waals surface area contributed by atoms with Crippen LogP contribution in [0.25, 0.3) is 0 Å². The van der Waals surface area contributed by atoms with Crippen LogP contribution in [-0.4, -0.2) is 43.8 Å². The van der Waals surface area contributed by atoms with Crippen LogP contribution >= 0.6 is 0 Å². The van der Waals surface area contributed by atoms with Crippen LogP contribution in [0.3, 0.4) is 0 Å². The first kappa shape index (κ1) is 15.6. The zero-order valence-electron chi connectivity index (χ0n) is 13.9. The lowest BCUT2D eigenvalue weighted by Gasteiger charge is -2.42. The Kier molecular flexibility index (Phi) is 4.78. The van der Waals surface area contributed by atoms with Crippen molar-refractivity contribution in [2.45, 2.75) is 18.8 Å². The maximum atomic E-state index is 6.30. The number of ether oxygens (including phenoxy) is 2. The Morgan fingerprint density at radius 1 is 1.00 bits per heavy atom. The van der Waals surface area contributed by atoms with Gasteiger partial charge in [-0.2, -0.15) is 0 Å². The van der Waals surface area contributed by atoms with Gasteiger partial charge in [0.25, 0.3) is 0 Å². The van der Waals surface area contributed by atoms with E-state index in [-0.39, 0.29) is 12.1 Å². The first-order valence-corrected chi connectivity index (χ1v) is 8.74. The van der Waals surface area contributed by atoms with Crippen molar-refractivity contribution >= 4 is 0 Å². The molecule has 0 spiro atoms. The Balaban J connectivity index is 1.55. The molecule has 4 heteroatoms. The summed E-state index contributed by atoms with van der Waals surface area (Å²) in [6.07, 6.45) is 0.0539. The third kappa shape index (κ3) is 3.31. The molecule has 2 aliphatic rings. The predicted octanol–water partition coefficient (Wildman–Crippen LogP) is 2.61. The number of hydrogen-bond donors (Lipinski definition) is 1. The van der Waals surface area contributed by atoms with Gasteiger partial charge in [0.05, 0.1) is 12.6 Å². The molecule has 24 heavy (non-hydrogen) atoms. The summed E-state index contributed by atoms with van der Waals surface area (Å²) >= 11 is 0. The number of nitrogens with zero attached hydrogens (tertiary/aromatic N) is 1. The van der Waals surface area contributed by atoms with E-state index in [1.807, 2.05) is 12.1 Å². The third-order valence-corrected chi connectivity index (χ3v) is 4.84. The molecule has 1 N–H and O–H groups in total. The monoisotopic (exact) mass is 324 g/mol. The van der Waals surface area contributed by atoms with Crippen LogP contribution in [0, 0.1) is 0 Å². The highest BCUT2D eigenvalue weighted by Crippen LogP contribution is 2.37. The lowest BCUT2D eigenvalue weighted by molar-refractivity contribution is -0.0617. The fourth-order valence-electron chi connectivity index (χ4n) is 3.63. The summed E-state index contributed by atoms with van der Waals surface area (Å²) in [7, 11) is 0. The normalized spacial score (nSPS) is 24.2. The molecule has 0 unspecified atom stereocenters. The van der Waals surface area contributed by atoms with E-state index in [2.05, 4.69) is 52.7 Å². The van der Waals surface area contributed by atoms with Crippen molar-refractivity contribution in [2.75, 3.05) is 32.8 Å². The molecule has 0 aliphatic carbocycles. The van der Waals surface area contributed by atoms with Crippen LogP contribution in [-0.2, 0) is 11.3 Å². The average Bonchev–Trinajstić information content (AvgIpc) is 2.67. The van der Waals surface area contributed by atoms with Crippen molar-refractivity contribution < 1.29 is 9.47 Å². The van der Waals surface area contributed by atoms with Crippen molar-refractivity contribution in [1.29, 1.82) is 0 Å². The van der Waals surface area contributed by atoms with E-state index in [0.717, 1.165) is 31.9 Å². The van der Waals surface area contributed by atoms with Gasteiger partial charge in [0.1, 0.15) is 18.5 Å². The van der Waals surface area contributed by atoms with Gasteiger partial charge in [-0.15, -0.1) is 0 Å². The second-order valence-electron chi connectivity index (χ2n) is 6.41. The zero-order valence-corrected chi connectivity index (χ0v) is 13.9. The molecule has 0 aromatic heterocycles. The van der Waals surface area contributed by atoms with E-state index in [0.29, 0.717) is 13.2 Å². The maximum Gasteiger partial charge on any atom is 0.124 e. The first-order valence-electron chi connectivity index (χ1n) is 8.74. The fraction of sp³-hybridized carbons (Fsp3) is 0.400. The van der Waals surface area contributed by atoms with Gasteiger partial charge >= 0.3 is 0 Å². The van der Waals surface area contributed by atoms with Gasteiger partial charge in [-0.25, -0.2) is 0 Å². The van der Waals surface area contributed by atoms with Crippen LogP contribution < -0.4 is 10.1 Å². The summed E-state index contributed by atoms with van der Waals surface area (Å²) in [6, 6.07) is 19.0. The first-order chi connectivity index (χ1) is 11.9. The highest BCUT2D eigenvalue weighted by molar-refractivity contribution is 5.38. The van der Waals surface area contributed by atoms with Crippen molar-refractivity contribution in [1.82, 2.24) is 10.2 Å². The van der Waals surface area contributed by atoms with E-state index in [4.69, 9.17) is 9.47 Å². The van der Waals surface area contributed by atoms with Gasteiger partial charge < -0.3 is 14.8 Å². The molecule has 2 aromatic carbocycles. The minimum absolute atomic E-state index is 0.0539. The van der Waals surface area contributed by atoms with E-state index in [1.165, 1.54) is 11.1 Å². The number of para-hydroxylation sites is 1. The highest BCUT2D eigenvalue weighted by Gasteiger charge is 2.36. The molecule has 2 aliphatic heterocycles. The number of rotatable bonds is 4. The zero-order chi connectivity index (χ0) is 16.2. The van der Waals surface area contributed by atoms with Crippen molar-refractivity contribution in [3.05, 3.63) is 65.7 Å². The lowest BCUT2D eigenvalue weighted by atomic mass is 9.95. The van der Waals surface area contributed by atoms with Gasteiger partial charge in [0, 0.05) is 31.7 Å². The number of hydrogen-bond acceptors (Lipinski definition) is 4. The van der Waals surface area contributed by atoms with Crippen molar-refractivity contribution in [2.24, 2.45) is 0 Å². The Hall–Kier alpha value is -1.88. The van der Waals surface area contributed by atoms with Gasteiger partial charge in [-0.05, 0) is 11.6 Å². The molecule has 0 radical (unpaired) electrons. The highest BCUT2D eigenvalue weighted by atomic mass is 16.5. The summed E-state index contributed by atoms with van der Waals surface area (Å²) in [5.74, 6) is 1.00. The molecule has 2 atom stereocenters. The second-order valence-corrected chi connectivity index (χ2v) is 6.41. The Bertz CT molecular complexity index is 656. The van der Waals surface area contributed by atoms with Crippen LogP contribution in [0.4, 0.5) is 0 Å². The summed E-state index contributed by atoms with van der Waals surface area (Å²) in [6.45, 7) is 5.39. The molecule has 0 amide bonds. The fourth-order valence-corrected chi connectivity index (χ4v) is 3.63. The largest absolute Gasteiger partial charge is 0.490 e. The second kappa shape index (κ2) is 7.34. The van der Waals surface area contributed by atoms with Crippen LogP contribution in [0.1, 0.15) is 17.2 Å². The van der Waals surface area contributed by atoms with Crippen LogP contribution in [0.2, 0.25) is 0 Å². The SMILES string of the molecule is c1ccc(CO[C@@H]2COc3ccccc3[C@H]2N2CCNCC2)cc1. The summed E-state index contributed by atoms with van der Waals surface area (Å²) in [5, 5.41) is 3.44. The van der Waals surface area contributed by atoms with E-state index >= 15 is 0 Å². The lowest BCUT2D eigenvalue weighted by Crippen LogP contribution is -2.51. The summed E-state index contributed by atoms with van der Waals surface area (Å²) in [5.41, 5.74) is 2.46. The molecular weight excluding hydrogens is 300 g/mol. The molecule has 0 bridgehead atoms. The molecule has 1 saturated heterocycles. The van der Waals surface area contributed by atoms with E-state index in [1.54, 1.807) is 0 Å².